The van der Waals surface area contributed by atoms with Gasteiger partial charge in [0.2, 0.25) is 0 Å². The van der Waals surface area contributed by atoms with E-state index in [1.165, 1.54) is 12.1 Å². The zero-order chi connectivity index (χ0) is 15.4. The molecule has 0 saturated carbocycles. The van der Waals surface area contributed by atoms with E-state index >= 15 is 0 Å². The van der Waals surface area contributed by atoms with Crippen LogP contribution < -0.4 is 15.4 Å². The van der Waals surface area contributed by atoms with Crippen LogP contribution in [-0.2, 0) is 0 Å². The Morgan fingerprint density at radius 1 is 1.29 bits per heavy atom. The fourth-order valence-electron chi connectivity index (χ4n) is 3.04. The predicted octanol–water partition coefficient (Wildman–Crippen LogP) is 2.98. The van der Waals surface area contributed by atoms with Crippen molar-refractivity contribution in [1.29, 1.82) is 0 Å². The second-order valence-electron chi connectivity index (χ2n) is 6.30. The molecule has 0 amide bonds. The van der Waals surface area contributed by atoms with Crippen LogP contribution in [0.3, 0.4) is 0 Å². The Balaban J connectivity index is 2.27. The molecule has 2 rings (SSSR count). The Hall–Kier alpha value is -1.42. The lowest BCUT2D eigenvalue weighted by Gasteiger charge is -2.32. The average Bonchev–Trinajstić information content (AvgIpc) is 2.58. The molecule has 1 aromatic carbocycles. The number of nitrogen functional groups attached to an aromatic ring is 1. The molecule has 0 spiro atoms. The maximum atomic E-state index is 6.08. The van der Waals surface area contributed by atoms with E-state index in [1.807, 2.05) is 19.9 Å². The molecule has 1 heterocycles. The van der Waals surface area contributed by atoms with Gasteiger partial charge in [-0.1, -0.05) is 6.92 Å². The van der Waals surface area contributed by atoms with E-state index in [0.29, 0.717) is 6.04 Å². The summed E-state index contributed by atoms with van der Waals surface area (Å²) in [4.78, 5) is 4.92. The Labute approximate surface area is 128 Å². The molecule has 2 N–H and O–H groups in total. The van der Waals surface area contributed by atoms with Crippen molar-refractivity contribution in [3.05, 3.63) is 18.2 Å². The molecule has 21 heavy (non-hydrogen) atoms. The van der Waals surface area contributed by atoms with Crippen LogP contribution in [0.25, 0.3) is 0 Å². The third-order valence-corrected chi connectivity index (χ3v) is 3.99. The molecule has 1 aromatic rings. The molecule has 1 saturated heterocycles. The topological polar surface area (TPSA) is 41.7 Å². The molecule has 118 valence electrons. The van der Waals surface area contributed by atoms with Crippen LogP contribution >= 0.6 is 0 Å². The van der Waals surface area contributed by atoms with Crippen molar-refractivity contribution in [1.82, 2.24) is 4.90 Å². The summed E-state index contributed by atoms with van der Waals surface area (Å²) in [5, 5.41) is 0. The van der Waals surface area contributed by atoms with Gasteiger partial charge in [-0.15, -0.1) is 0 Å². The van der Waals surface area contributed by atoms with Crippen molar-refractivity contribution in [2.45, 2.75) is 45.8 Å². The van der Waals surface area contributed by atoms with Gasteiger partial charge in [0.05, 0.1) is 6.10 Å². The molecule has 1 fully saturated rings. The molecule has 4 heteroatoms. The molecule has 1 atom stereocenters. The Morgan fingerprint density at radius 2 is 2.05 bits per heavy atom. The second kappa shape index (κ2) is 7.03. The standard InChI is InChI=1S/C17H29N3O/c1-5-15-12-19(4)7-6-8-20(15)16-9-14(18)10-17(11-16)21-13(2)3/h9-11,13,15H,5-8,12,18H2,1-4H3. The van der Waals surface area contributed by atoms with Crippen molar-refractivity contribution in [2.75, 3.05) is 37.3 Å². The van der Waals surface area contributed by atoms with E-state index in [0.717, 1.165) is 37.5 Å². The molecule has 0 radical (unpaired) electrons. The van der Waals surface area contributed by atoms with E-state index in [9.17, 15) is 0 Å². The lowest BCUT2D eigenvalue weighted by Crippen LogP contribution is -2.39. The van der Waals surface area contributed by atoms with Crippen molar-refractivity contribution in [3.8, 4) is 5.75 Å². The number of nitrogens with zero attached hydrogens (tertiary/aromatic N) is 2. The fraction of sp³-hybridized carbons (Fsp3) is 0.647. The van der Waals surface area contributed by atoms with E-state index in [1.54, 1.807) is 0 Å². The van der Waals surface area contributed by atoms with Gasteiger partial charge < -0.3 is 20.3 Å². The number of rotatable bonds is 4. The summed E-state index contributed by atoms with van der Waals surface area (Å²) in [6, 6.07) is 6.64. The minimum atomic E-state index is 0.164. The first-order valence-corrected chi connectivity index (χ1v) is 8.02. The summed E-state index contributed by atoms with van der Waals surface area (Å²) in [5.41, 5.74) is 8.04. The van der Waals surface area contributed by atoms with Crippen molar-refractivity contribution < 1.29 is 4.74 Å². The first kappa shape index (κ1) is 16.0. The zero-order valence-corrected chi connectivity index (χ0v) is 13.8. The molecule has 1 aliphatic heterocycles. The summed E-state index contributed by atoms with van der Waals surface area (Å²) in [5.74, 6) is 0.868. The van der Waals surface area contributed by atoms with Gasteiger partial charge in [0, 0.05) is 42.6 Å². The minimum absolute atomic E-state index is 0.164. The molecule has 0 aromatic heterocycles. The predicted molar refractivity (Wildman–Crippen MR) is 90.2 cm³/mol. The van der Waals surface area contributed by atoms with E-state index < -0.39 is 0 Å². The summed E-state index contributed by atoms with van der Waals surface area (Å²) in [6.07, 6.45) is 2.48. The molecule has 0 aliphatic carbocycles. The number of anilines is 2. The second-order valence-corrected chi connectivity index (χ2v) is 6.30. The number of hydrogen-bond acceptors (Lipinski definition) is 4. The van der Waals surface area contributed by atoms with Crippen LogP contribution in [0.2, 0.25) is 0 Å². The van der Waals surface area contributed by atoms with E-state index in [2.05, 4.69) is 35.9 Å². The average molecular weight is 291 g/mol. The van der Waals surface area contributed by atoms with Gasteiger partial charge in [0.1, 0.15) is 5.75 Å². The number of nitrogens with two attached hydrogens (primary N) is 1. The van der Waals surface area contributed by atoms with Crippen LogP contribution in [0, 0.1) is 0 Å². The third-order valence-electron chi connectivity index (χ3n) is 3.99. The highest BCUT2D eigenvalue weighted by molar-refractivity contribution is 5.61. The van der Waals surface area contributed by atoms with Gasteiger partial charge in [0.25, 0.3) is 0 Å². The monoisotopic (exact) mass is 291 g/mol. The van der Waals surface area contributed by atoms with Crippen LogP contribution in [0.5, 0.6) is 5.75 Å². The lowest BCUT2D eigenvalue weighted by molar-refractivity contribution is 0.242. The van der Waals surface area contributed by atoms with Crippen LogP contribution in [0.1, 0.15) is 33.6 Å². The summed E-state index contributed by atoms with van der Waals surface area (Å²) >= 11 is 0. The van der Waals surface area contributed by atoms with E-state index in [4.69, 9.17) is 10.5 Å². The molecule has 0 bridgehead atoms. The van der Waals surface area contributed by atoms with Crippen molar-refractivity contribution in [2.24, 2.45) is 0 Å². The molecular weight excluding hydrogens is 262 g/mol. The van der Waals surface area contributed by atoms with Gasteiger partial charge in [0.15, 0.2) is 0 Å². The first-order valence-electron chi connectivity index (χ1n) is 8.02. The highest BCUT2D eigenvalue weighted by Crippen LogP contribution is 2.29. The molecule has 1 unspecified atom stereocenters. The SMILES string of the molecule is CCC1CN(C)CCCN1c1cc(N)cc(OC(C)C)c1. The maximum Gasteiger partial charge on any atom is 0.123 e. The lowest BCUT2D eigenvalue weighted by atomic mass is 10.1. The zero-order valence-electron chi connectivity index (χ0n) is 13.8. The molecule has 1 aliphatic rings. The van der Waals surface area contributed by atoms with Gasteiger partial charge in [-0.25, -0.2) is 0 Å². The van der Waals surface area contributed by atoms with E-state index in [-0.39, 0.29) is 6.10 Å². The molecule has 4 nitrogen and oxygen atoms in total. The number of benzene rings is 1. The Morgan fingerprint density at radius 3 is 2.71 bits per heavy atom. The molecular formula is C17H29N3O. The quantitative estimate of drug-likeness (QED) is 0.866. The highest BCUT2D eigenvalue weighted by atomic mass is 16.5. The largest absolute Gasteiger partial charge is 0.491 e. The number of hydrogen-bond donors (Lipinski definition) is 1. The normalized spacial score (nSPS) is 20.6. The highest BCUT2D eigenvalue weighted by Gasteiger charge is 2.23. The van der Waals surface area contributed by atoms with Crippen molar-refractivity contribution in [3.63, 3.8) is 0 Å². The number of ether oxygens (including phenoxy) is 1. The Kier molecular flexibility index (Phi) is 5.34. The minimum Gasteiger partial charge on any atom is -0.491 e. The summed E-state index contributed by atoms with van der Waals surface area (Å²) in [6.45, 7) is 9.68. The van der Waals surface area contributed by atoms with Crippen molar-refractivity contribution >= 4 is 11.4 Å². The first-order chi connectivity index (χ1) is 9.99. The fourth-order valence-corrected chi connectivity index (χ4v) is 3.04. The summed E-state index contributed by atoms with van der Waals surface area (Å²) in [7, 11) is 2.21. The maximum absolute atomic E-state index is 6.08. The van der Waals surface area contributed by atoms with Gasteiger partial charge in [-0.05, 0) is 46.3 Å². The van der Waals surface area contributed by atoms with Crippen LogP contribution in [0.15, 0.2) is 18.2 Å². The smallest absolute Gasteiger partial charge is 0.123 e. The Bertz CT molecular complexity index is 461. The van der Waals surface area contributed by atoms with Crippen LogP contribution in [-0.4, -0.2) is 43.7 Å². The summed E-state index contributed by atoms with van der Waals surface area (Å²) < 4.78 is 5.83. The third kappa shape index (κ3) is 4.27. The van der Waals surface area contributed by atoms with Gasteiger partial charge >= 0.3 is 0 Å². The number of likely N-dealkylation sites (N-methyl/N-ethyl adjacent to an activating group) is 1. The van der Waals surface area contributed by atoms with Gasteiger partial charge in [-0.2, -0.15) is 0 Å². The van der Waals surface area contributed by atoms with Gasteiger partial charge in [-0.3, -0.25) is 0 Å². The van der Waals surface area contributed by atoms with Crippen LogP contribution in [0.4, 0.5) is 11.4 Å².